The van der Waals surface area contributed by atoms with Gasteiger partial charge in [0.05, 0.1) is 5.56 Å². The van der Waals surface area contributed by atoms with E-state index in [1.54, 1.807) is 12.1 Å². The molecule has 0 N–H and O–H groups in total. The van der Waals surface area contributed by atoms with Crippen LogP contribution in [-0.2, 0) is 0 Å². The number of rotatable bonds is 1. The molecule has 1 aromatic carbocycles. The fraction of sp³-hybridized carbons (Fsp3) is 0. The smallest absolute Gasteiger partial charge is 0.345 e. The van der Waals surface area contributed by atoms with Crippen LogP contribution in [0.5, 0.6) is 0 Å². The molecule has 0 bridgehead atoms. The molecule has 3 rings (SSSR count). The summed E-state index contributed by atoms with van der Waals surface area (Å²) in [4.78, 5) is 12.6. The van der Waals surface area contributed by atoms with Gasteiger partial charge in [-0.3, -0.25) is 0 Å². The van der Waals surface area contributed by atoms with Gasteiger partial charge in [0.15, 0.2) is 0 Å². The fourth-order valence-corrected chi connectivity index (χ4v) is 2.42. The van der Waals surface area contributed by atoms with Gasteiger partial charge in [-0.2, -0.15) is 0 Å². The molecular formula is C13H7FO2S. The normalized spacial score (nSPS) is 10.9. The lowest BCUT2D eigenvalue weighted by molar-refractivity contribution is 0.556. The van der Waals surface area contributed by atoms with Crippen molar-refractivity contribution in [1.29, 1.82) is 0 Å². The summed E-state index contributed by atoms with van der Waals surface area (Å²) in [6.07, 6.45) is 0. The van der Waals surface area contributed by atoms with Crippen LogP contribution in [0.1, 0.15) is 0 Å². The summed E-state index contributed by atoms with van der Waals surface area (Å²) in [6, 6.07) is 9.62. The van der Waals surface area contributed by atoms with Gasteiger partial charge in [-0.05, 0) is 29.6 Å². The Balaban J connectivity index is 2.32. The number of hydrogen-bond donors (Lipinski definition) is 0. The predicted molar refractivity (Wildman–Crippen MR) is 65.8 cm³/mol. The standard InChI is InChI=1S/C13H7FO2S/c14-9-4-3-8-6-10(12-2-1-5-17-12)13(15)16-11(8)7-9/h1-7H. The van der Waals surface area contributed by atoms with Gasteiger partial charge in [-0.15, -0.1) is 11.3 Å². The molecular weight excluding hydrogens is 239 g/mol. The zero-order valence-electron chi connectivity index (χ0n) is 8.64. The largest absolute Gasteiger partial charge is 0.422 e. The first-order valence-corrected chi connectivity index (χ1v) is 5.89. The van der Waals surface area contributed by atoms with E-state index in [4.69, 9.17) is 4.42 Å². The van der Waals surface area contributed by atoms with Crippen LogP contribution in [0.4, 0.5) is 4.39 Å². The van der Waals surface area contributed by atoms with Gasteiger partial charge in [0.2, 0.25) is 0 Å². The fourth-order valence-electron chi connectivity index (χ4n) is 1.69. The number of fused-ring (bicyclic) bond motifs is 1. The van der Waals surface area contributed by atoms with Gasteiger partial charge in [-0.1, -0.05) is 6.07 Å². The van der Waals surface area contributed by atoms with Crippen molar-refractivity contribution in [3.8, 4) is 10.4 Å². The minimum Gasteiger partial charge on any atom is -0.422 e. The van der Waals surface area contributed by atoms with Crippen molar-refractivity contribution < 1.29 is 8.81 Å². The van der Waals surface area contributed by atoms with Crippen molar-refractivity contribution in [1.82, 2.24) is 0 Å². The van der Waals surface area contributed by atoms with E-state index in [9.17, 15) is 9.18 Å². The van der Waals surface area contributed by atoms with E-state index in [1.165, 1.54) is 23.5 Å². The van der Waals surface area contributed by atoms with Gasteiger partial charge in [0.1, 0.15) is 11.4 Å². The summed E-state index contributed by atoms with van der Waals surface area (Å²) in [5, 5.41) is 2.61. The second-order valence-electron chi connectivity index (χ2n) is 3.61. The van der Waals surface area contributed by atoms with Gasteiger partial charge in [0, 0.05) is 16.3 Å². The molecule has 0 fully saturated rings. The lowest BCUT2D eigenvalue weighted by Gasteiger charge is -1.99. The Hall–Kier alpha value is -1.94. The zero-order valence-corrected chi connectivity index (χ0v) is 9.46. The summed E-state index contributed by atoms with van der Waals surface area (Å²) in [5.74, 6) is -0.412. The first-order valence-electron chi connectivity index (χ1n) is 5.01. The van der Waals surface area contributed by atoms with Crippen molar-refractivity contribution in [2.24, 2.45) is 0 Å². The molecule has 0 aliphatic carbocycles. The van der Waals surface area contributed by atoms with E-state index in [0.29, 0.717) is 5.56 Å². The van der Waals surface area contributed by atoms with Gasteiger partial charge < -0.3 is 4.42 Å². The van der Waals surface area contributed by atoms with Crippen LogP contribution in [0.15, 0.2) is 51.0 Å². The summed E-state index contributed by atoms with van der Waals surface area (Å²) in [7, 11) is 0. The molecule has 0 atom stereocenters. The van der Waals surface area contributed by atoms with Gasteiger partial charge in [0.25, 0.3) is 0 Å². The molecule has 17 heavy (non-hydrogen) atoms. The van der Waals surface area contributed by atoms with Gasteiger partial charge >= 0.3 is 5.63 Å². The average Bonchev–Trinajstić information content (AvgIpc) is 2.81. The quantitative estimate of drug-likeness (QED) is 0.613. The molecule has 0 radical (unpaired) electrons. The summed E-state index contributed by atoms with van der Waals surface area (Å²) >= 11 is 1.47. The van der Waals surface area contributed by atoms with E-state index in [0.717, 1.165) is 10.3 Å². The molecule has 0 aliphatic heterocycles. The molecule has 0 unspecified atom stereocenters. The van der Waals surface area contributed by atoms with E-state index < -0.39 is 11.4 Å². The van der Waals surface area contributed by atoms with Crippen LogP contribution in [-0.4, -0.2) is 0 Å². The van der Waals surface area contributed by atoms with Crippen LogP contribution in [0.25, 0.3) is 21.4 Å². The zero-order chi connectivity index (χ0) is 11.8. The Morgan fingerprint density at radius 2 is 2.06 bits per heavy atom. The van der Waals surface area contributed by atoms with Gasteiger partial charge in [-0.25, -0.2) is 9.18 Å². The molecule has 84 valence electrons. The molecule has 0 amide bonds. The van der Waals surface area contributed by atoms with E-state index in [2.05, 4.69) is 0 Å². The SMILES string of the molecule is O=c1oc2cc(F)ccc2cc1-c1cccs1. The Morgan fingerprint density at radius 3 is 2.82 bits per heavy atom. The first kappa shape index (κ1) is 10.2. The van der Waals surface area contributed by atoms with Crippen LogP contribution in [0, 0.1) is 5.82 Å². The molecule has 0 saturated heterocycles. The lowest BCUT2D eigenvalue weighted by Crippen LogP contribution is -2.01. The highest BCUT2D eigenvalue weighted by atomic mass is 32.1. The van der Waals surface area contributed by atoms with E-state index in [1.807, 2.05) is 17.5 Å². The number of hydrogen-bond acceptors (Lipinski definition) is 3. The summed E-state index contributed by atoms with van der Waals surface area (Å²) < 4.78 is 18.1. The van der Waals surface area contributed by atoms with E-state index in [-0.39, 0.29) is 5.58 Å². The summed E-state index contributed by atoms with van der Waals surface area (Å²) in [5.41, 5.74) is 0.347. The maximum absolute atomic E-state index is 13.0. The monoisotopic (exact) mass is 246 g/mol. The Labute approximate surface area is 99.9 Å². The van der Waals surface area contributed by atoms with Crippen LogP contribution < -0.4 is 5.63 Å². The van der Waals surface area contributed by atoms with Crippen LogP contribution in [0.3, 0.4) is 0 Å². The molecule has 4 heteroatoms. The highest BCUT2D eigenvalue weighted by molar-refractivity contribution is 7.13. The first-order chi connectivity index (χ1) is 8.24. The van der Waals surface area contributed by atoms with Crippen molar-refractivity contribution in [3.05, 3.63) is 58.0 Å². The Kier molecular flexibility index (Phi) is 2.30. The maximum atomic E-state index is 13.0. The molecule has 2 heterocycles. The van der Waals surface area contributed by atoms with Crippen LogP contribution >= 0.6 is 11.3 Å². The maximum Gasteiger partial charge on any atom is 0.345 e. The minimum absolute atomic E-state index is 0.273. The Morgan fingerprint density at radius 1 is 1.18 bits per heavy atom. The van der Waals surface area contributed by atoms with Crippen molar-refractivity contribution in [3.63, 3.8) is 0 Å². The molecule has 2 nitrogen and oxygen atoms in total. The molecule has 0 spiro atoms. The van der Waals surface area contributed by atoms with Crippen molar-refractivity contribution >= 4 is 22.3 Å². The summed E-state index contributed by atoms with van der Waals surface area (Å²) in [6.45, 7) is 0. The molecule has 2 aromatic heterocycles. The van der Waals surface area contributed by atoms with Crippen molar-refractivity contribution in [2.45, 2.75) is 0 Å². The van der Waals surface area contributed by atoms with Crippen LogP contribution in [0.2, 0.25) is 0 Å². The molecule has 0 aliphatic rings. The third kappa shape index (κ3) is 1.76. The third-order valence-electron chi connectivity index (χ3n) is 2.48. The molecule has 0 saturated carbocycles. The number of thiophene rings is 1. The minimum atomic E-state index is -0.439. The topological polar surface area (TPSA) is 30.2 Å². The second kappa shape index (κ2) is 3.82. The number of benzene rings is 1. The van der Waals surface area contributed by atoms with E-state index >= 15 is 0 Å². The number of halogens is 1. The molecule has 3 aromatic rings. The Bertz CT molecular complexity index is 729. The van der Waals surface area contributed by atoms with Crippen molar-refractivity contribution in [2.75, 3.05) is 0 Å². The predicted octanol–water partition coefficient (Wildman–Crippen LogP) is 3.66. The lowest BCUT2D eigenvalue weighted by atomic mass is 10.1. The third-order valence-corrected chi connectivity index (χ3v) is 3.39. The highest BCUT2D eigenvalue weighted by Gasteiger charge is 2.08. The highest BCUT2D eigenvalue weighted by Crippen LogP contribution is 2.25. The average molecular weight is 246 g/mol. The second-order valence-corrected chi connectivity index (χ2v) is 4.55.